The Hall–Kier alpha value is -1.56. The summed E-state index contributed by atoms with van der Waals surface area (Å²) in [5, 5.41) is 4.15. The van der Waals surface area contributed by atoms with E-state index in [9.17, 15) is 4.21 Å². The maximum atomic E-state index is 11.7. The molecule has 0 spiro atoms. The molecule has 0 aliphatic carbocycles. The zero-order valence-corrected chi connectivity index (χ0v) is 10.8. The van der Waals surface area contributed by atoms with Crippen LogP contribution in [0, 0.1) is 0 Å². The second kappa shape index (κ2) is 4.37. The minimum atomic E-state index is -1.25. The molecule has 17 heavy (non-hydrogen) atoms. The average molecular weight is 250 g/mol. The Balaban J connectivity index is 2.23. The molecular weight excluding hydrogens is 236 g/mol. The van der Waals surface area contributed by atoms with Crippen LogP contribution in [-0.4, -0.2) is 29.8 Å². The molecule has 2 heterocycles. The number of fused-ring (bicyclic) bond motifs is 1. The smallest absolute Gasteiger partial charge is 0.154 e. The zero-order valence-electron chi connectivity index (χ0n) is 9.99. The van der Waals surface area contributed by atoms with E-state index in [1.54, 1.807) is 29.3 Å². The maximum absolute atomic E-state index is 11.7. The first kappa shape index (κ1) is 11.9. The summed E-state index contributed by atoms with van der Waals surface area (Å²) < 4.78 is 17.1. The van der Waals surface area contributed by atoms with Crippen molar-refractivity contribution in [3.8, 4) is 0 Å². The molecule has 0 aliphatic rings. The van der Waals surface area contributed by atoms with Gasteiger partial charge < -0.3 is 0 Å². The topological polar surface area (TPSA) is 59.6 Å². The number of imidazole rings is 1. The maximum Gasteiger partial charge on any atom is 0.154 e. The molecule has 0 fully saturated rings. The van der Waals surface area contributed by atoms with E-state index in [-0.39, 0.29) is 4.75 Å². The molecular formula is C11H14N4OS. The summed E-state index contributed by atoms with van der Waals surface area (Å²) in [6.45, 7) is 5.66. The predicted molar refractivity (Wildman–Crippen MR) is 68.5 cm³/mol. The summed E-state index contributed by atoms with van der Waals surface area (Å²) in [5.74, 6) is 0. The van der Waals surface area contributed by atoms with Crippen LogP contribution in [-0.2, 0) is 11.0 Å². The van der Waals surface area contributed by atoms with E-state index in [0.29, 0.717) is 0 Å². The third-order valence-corrected chi connectivity index (χ3v) is 3.44. The van der Waals surface area contributed by atoms with E-state index in [0.717, 1.165) is 11.2 Å². The van der Waals surface area contributed by atoms with Crippen LogP contribution in [0.1, 0.15) is 26.3 Å². The Kier molecular flexibility index (Phi) is 3.06. The Morgan fingerprint density at radius 2 is 2.24 bits per heavy atom. The molecule has 0 saturated carbocycles. The van der Waals surface area contributed by atoms with Gasteiger partial charge in [0.25, 0.3) is 0 Å². The zero-order chi connectivity index (χ0) is 12.5. The molecule has 5 nitrogen and oxygen atoms in total. The van der Waals surface area contributed by atoms with Gasteiger partial charge in [0.2, 0.25) is 0 Å². The van der Waals surface area contributed by atoms with Crippen LogP contribution in [0.3, 0.4) is 0 Å². The SMILES string of the molecule is CC(C)(C)[S@](=O)/N=C/c1cnn2ccnc2c1. The first-order chi connectivity index (χ1) is 7.97. The monoisotopic (exact) mass is 250 g/mol. The molecule has 2 aromatic rings. The second-order valence-electron chi connectivity index (χ2n) is 4.61. The van der Waals surface area contributed by atoms with E-state index in [2.05, 4.69) is 14.5 Å². The van der Waals surface area contributed by atoms with Gasteiger partial charge in [0, 0.05) is 24.2 Å². The van der Waals surface area contributed by atoms with Crippen LogP contribution in [0.2, 0.25) is 0 Å². The number of hydrogen-bond acceptors (Lipinski definition) is 3. The molecule has 0 unspecified atom stereocenters. The van der Waals surface area contributed by atoms with Gasteiger partial charge in [-0.05, 0) is 26.8 Å². The highest BCUT2D eigenvalue weighted by Crippen LogP contribution is 2.12. The van der Waals surface area contributed by atoms with Crippen molar-refractivity contribution in [1.29, 1.82) is 0 Å². The summed E-state index contributed by atoms with van der Waals surface area (Å²) in [4.78, 5) is 4.12. The molecule has 0 amide bonds. The molecule has 0 bridgehead atoms. The van der Waals surface area contributed by atoms with Gasteiger partial charge >= 0.3 is 0 Å². The van der Waals surface area contributed by atoms with Crippen LogP contribution in [0.4, 0.5) is 0 Å². The summed E-state index contributed by atoms with van der Waals surface area (Å²) in [5.41, 5.74) is 1.54. The van der Waals surface area contributed by atoms with Crippen molar-refractivity contribution in [2.45, 2.75) is 25.5 Å². The van der Waals surface area contributed by atoms with Gasteiger partial charge in [-0.25, -0.2) is 13.7 Å². The normalized spacial score (nSPS) is 14.5. The van der Waals surface area contributed by atoms with Crippen LogP contribution in [0.15, 0.2) is 29.1 Å². The molecule has 0 aromatic carbocycles. The molecule has 0 aliphatic heterocycles. The summed E-state index contributed by atoms with van der Waals surface area (Å²) >= 11 is 0. The minimum Gasteiger partial charge on any atom is -0.236 e. The number of nitrogens with zero attached hydrogens (tertiary/aromatic N) is 4. The van der Waals surface area contributed by atoms with Crippen LogP contribution < -0.4 is 0 Å². The lowest BCUT2D eigenvalue weighted by atomic mass is 10.3. The Morgan fingerprint density at radius 3 is 2.94 bits per heavy atom. The molecule has 6 heteroatoms. The fourth-order valence-corrected chi connectivity index (χ4v) is 1.70. The van der Waals surface area contributed by atoms with E-state index >= 15 is 0 Å². The molecule has 2 aromatic heterocycles. The van der Waals surface area contributed by atoms with Gasteiger partial charge in [-0.15, -0.1) is 0 Å². The van der Waals surface area contributed by atoms with Crippen molar-refractivity contribution in [2.24, 2.45) is 4.40 Å². The number of rotatable bonds is 2. The van der Waals surface area contributed by atoms with Gasteiger partial charge in [0.1, 0.15) is 11.0 Å². The predicted octanol–water partition coefficient (Wildman–Crippen LogP) is 1.61. The lowest BCUT2D eigenvalue weighted by molar-refractivity contribution is 0.651. The highest BCUT2D eigenvalue weighted by Gasteiger charge is 2.18. The van der Waals surface area contributed by atoms with Crippen molar-refractivity contribution in [3.05, 3.63) is 30.2 Å². The Labute approximate surface area is 102 Å². The quantitative estimate of drug-likeness (QED) is 0.761. The highest BCUT2D eigenvalue weighted by atomic mass is 32.2. The lowest BCUT2D eigenvalue weighted by Crippen LogP contribution is -2.19. The van der Waals surface area contributed by atoms with Gasteiger partial charge in [0.05, 0.1) is 10.9 Å². The largest absolute Gasteiger partial charge is 0.236 e. The van der Waals surface area contributed by atoms with Crippen molar-refractivity contribution in [3.63, 3.8) is 0 Å². The number of aromatic nitrogens is 3. The van der Waals surface area contributed by atoms with Crippen molar-refractivity contribution < 1.29 is 4.21 Å². The Morgan fingerprint density at radius 1 is 1.47 bits per heavy atom. The van der Waals surface area contributed by atoms with Crippen molar-refractivity contribution >= 4 is 22.8 Å². The molecule has 0 saturated heterocycles. The molecule has 0 radical (unpaired) electrons. The molecule has 1 atom stereocenters. The lowest BCUT2D eigenvalue weighted by Gasteiger charge is -2.12. The summed E-state index contributed by atoms with van der Waals surface area (Å²) in [6.07, 6.45) is 6.68. The van der Waals surface area contributed by atoms with Gasteiger partial charge in [-0.1, -0.05) is 0 Å². The molecule has 2 rings (SSSR count). The molecule has 90 valence electrons. The highest BCUT2D eigenvalue weighted by molar-refractivity contribution is 7.85. The van der Waals surface area contributed by atoms with E-state index in [4.69, 9.17) is 0 Å². The third-order valence-electron chi connectivity index (χ3n) is 2.10. The van der Waals surface area contributed by atoms with Gasteiger partial charge in [0.15, 0.2) is 5.65 Å². The standard InChI is InChI=1S/C11H14N4OS/c1-11(2,3)17(16)14-8-9-6-10-12-4-5-15(10)13-7-9/h4-8H,1-3H3/b14-8+/t17-/m0/s1. The van der Waals surface area contributed by atoms with Crippen LogP contribution in [0.5, 0.6) is 0 Å². The van der Waals surface area contributed by atoms with Crippen LogP contribution in [0.25, 0.3) is 5.65 Å². The number of hydrogen-bond donors (Lipinski definition) is 0. The van der Waals surface area contributed by atoms with Crippen molar-refractivity contribution in [1.82, 2.24) is 14.6 Å². The fourth-order valence-electron chi connectivity index (χ4n) is 1.16. The third kappa shape index (κ3) is 2.76. The van der Waals surface area contributed by atoms with Crippen molar-refractivity contribution in [2.75, 3.05) is 0 Å². The van der Waals surface area contributed by atoms with Gasteiger partial charge in [-0.2, -0.15) is 9.50 Å². The van der Waals surface area contributed by atoms with E-state index < -0.39 is 11.0 Å². The van der Waals surface area contributed by atoms with E-state index in [1.165, 1.54) is 0 Å². The second-order valence-corrected chi connectivity index (χ2v) is 6.55. The van der Waals surface area contributed by atoms with E-state index in [1.807, 2.05) is 26.8 Å². The summed E-state index contributed by atoms with van der Waals surface area (Å²) in [7, 11) is -1.25. The average Bonchev–Trinajstić information content (AvgIpc) is 2.71. The first-order valence-corrected chi connectivity index (χ1v) is 6.33. The summed E-state index contributed by atoms with van der Waals surface area (Å²) in [6, 6.07) is 1.84. The van der Waals surface area contributed by atoms with Gasteiger partial charge in [-0.3, -0.25) is 0 Å². The fraction of sp³-hybridized carbons (Fsp3) is 0.364. The minimum absolute atomic E-state index is 0.346. The first-order valence-electron chi connectivity index (χ1n) is 5.22. The molecule has 0 N–H and O–H groups in total. The van der Waals surface area contributed by atoms with Crippen LogP contribution >= 0.6 is 0 Å². The Bertz CT molecular complexity index is 582.